The Kier molecular flexibility index (Phi) is 4.39. The van der Waals surface area contributed by atoms with E-state index in [1.807, 2.05) is 17.0 Å². The zero-order chi connectivity index (χ0) is 12.1. The van der Waals surface area contributed by atoms with Crippen molar-refractivity contribution >= 4 is 17.7 Å². The lowest BCUT2D eigenvalue weighted by molar-refractivity contribution is -0.131. The lowest BCUT2D eigenvalue weighted by atomic mass is 10.2. The maximum atomic E-state index is 12.0. The molecule has 4 nitrogen and oxygen atoms in total. The van der Waals surface area contributed by atoms with Crippen LogP contribution in [0.5, 0.6) is 0 Å². The van der Waals surface area contributed by atoms with Crippen molar-refractivity contribution in [2.75, 3.05) is 25.4 Å². The third-order valence-electron chi connectivity index (χ3n) is 2.83. The summed E-state index contributed by atoms with van der Waals surface area (Å²) in [5.74, 6) is 0.731. The summed E-state index contributed by atoms with van der Waals surface area (Å²) in [5, 5.41) is 3.28. The number of piperazine rings is 1. The van der Waals surface area contributed by atoms with Gasteiger partial charge in [0.25, 0.3) is 0 Å². The minimum absolute atomic E-state index is 0.223. The summed E-state index contributed by atoms with van der Waals surface area (Å²) in [4.78, 5) is 19.1. The summed E-state index contributed by atoms with van der Waals surface area (Å²) >= 11 is 1.57. The molecule has 0 saturated carbocycles. The number of nitrogens with zero attached hydrogens (tertiary/aromatic N) is 2. The maximum absolute atomic E-state index is 12.0. The molecule has 1 aromatic heterocycles. The maximum Gasteiger partial charge on any atom is 0.233 e. The fourth-order valence-corrected chi connectivity index (χ4v) is 2.64. The van der Waals surface area contributed by atoms with E-state index in [4.69, 9.17) is 0 Å². The molecule has 17 heavy (non-hydrogen) atoms. The molecule has 1 aliphatic heterocycles. The number of thioether (sulfide) groups is 1. The van der Waals surface area contributed by atoms with Gasteiger partial charge in [-0.2, -0.15) is 0 Å². The smallest absolute Gasteiger partial charge is 0.233 e. The second kappa shape index (κ2) is 6.02. The summed E-state index contributed by atoms with van der Waals surface area (Å²) in [6, 6.07) is 4.16. The van der Waals surface area contributed by atoms with Gasteiger partial charge in [0.2, 0.25) is 5.91 Å². The molecule has 1 saturated heterocycles. The van der Waals surface area contributed by atoms with Crippen LogP contribution in [0.2, 0.25) is 0 Å². The first-order valence-corrected chi connectivity index (χ1v) is 6.79. The highest BCUT2D eigenvalue weighted by Crippen LogP contribution is 2.17. The van der Waals surface area contributed by atoms with Crippen LogP contribution in [0.25, 0.3) is 0 Å². The van der Waals surface area contributed by atoms with Gasteiger partial charge >= 0.3 is 0 Å². The summed E-state index contributed by atoms with van der Waals surface area (Å²) in [5.41, 5.74) is 0. The van der Waals surface area contributed by atoms with E-state index in [1.165, 1.54) is 0 Å². The second-order valence-corrected chi connectivity index (χ2v) is 5.16. The van der Waals surface area contributed by atoms with Gasteiger partial charge in [0.1, 0.15) is 0 Å². The second-order valence-electron chi connectivity index (χ2n) is 4.11. The highest BCUT2D eigenvalue weighted by atomic mass is 32.2. The lowest BCUT2D eigenvalue weighted by Crippen LogP contribution is -2.52. The van der Waals surface area contributed by atoms with Crippen LogP contribution >= 0.6 is 11.8 Å². The Balaban J connectivity index is 1.84. The molecule has 92 valence electrons. The number of carbonyl (C=O) groups excluding carboxylic acids is 1. The molecule has 0 aromatic carbocycles. The van der Waals surface area contributed by atoms with Crippen LogP contribution in [-0.4, -0.2) is 47.2 Å². The standard InChI is InChI=1S/C12H17N3OS/c1-10-8-14-6-7-15(10)12(16)9-17-11-2-4-13-5-3-11/h2-5,10,14H,6-9H2,1H3/t10-/m1/s1. The van der Waals surface area contributed by atoms with E-state index in [2.05, 4.69) is 17.2 Å². The van der Waals surface area contributed by atoms with Crippen LogP contribution in [0.15, 0.2) is 29.4 Å². The molecule has 0 spiro atoms. The number of amides is 1. The summed E-state index contributed by atoms with van der Waals surface area (Å²) < 4.78 is 0. The van der Waals surface area contributed by atoms with Crippen molar-refractivity contribution in [2.45, 2.75) is 17.9 Å². The van der Waals surface area contributed by atoms with Crippen LogP contribution in [0.3, 0.4) is 0 Å². The van der Waals surface area contributed by atoms with Gasteiger partial charge in [0.15, 0.2) is 0 Å². The zero-order valence-corrected chi connectivity index (χ0v) is 10.7. The predicted molar refractivity (Wildman–Crippen MR) is 69.0 cm³/mol. The minimum Gasteiger partial charge on any atom is -0.337 e. The number of aromatic nitrogens is 1. The van der Waals surface area contributed by atoms with Gasteiger partial charge in [0, 0.05) is 43.0 Å². The van der Waals surface area contributed by atoms with Crippen LogP contribution in [-0.2, 0) is 4.79 Å². The Labute approximate surface area is 106 Å². The SMILES string of the molecule is C[C@@H]1CNCCN1C(=O)CSc1ccncc1. The molecule has 0 bridgehead atoms. The molecule has 1 atom stereocenters. The van der Waals surface area contributed by atoms with Crippen LogP contribution in [0.1, 0.15) is 6.92 Å². The van der Waals surface area contributed by atoms with E-state index in [9.17, 15) is 4.79 Å². The van der Waals surface area contributed by atoms with Gasteiger partial charge in [-0.3, -0.25) is 9.78 Å². The summed E-state index contributed by atoms with van der Waals surface area (Å²) in [7, 11) is 0. The van der Waals surface area contributed by atoms with E-state index in [1.54, 1.807) is 24.2 Å². The molecule has 0 unspecified atom stereocenters. The highest BCUT2D eigenvalue weighted by Gasteiger charge is 2.22. The van der Waals surface area contributed by atoms with Crippen molar-refractivity contribution in [3.05, 3.63) is 24.5 Å². The Morgan fingerprint density at radius 1 is 1.59 bits per heavy atom. The molecule has 1 fully saturated rings. The molecular weight excluding hydrogens is 234 g/mol. The minimum atomic E-state index is 0.223. The van der Waals surface area contributed by atoms with Gasteiger partial charge in [-0.05, 0) is 19.1 Å². The summed E-state index contributed by atoms with van der Waals surface area (Å²) in [6.07, 6.45) is 3.50. The van der Waals surface area contributed by atoms with Gasteiger partial charge in [-0.25, -0.2) is 0 Å². The average molecular weight is 251 g/mol. The molecular formula is C12H17N3OS. The number of rotatable bonds is 3. The van der Waals surface area contributed by atoms with Crippen LogP contribution < -0.4 is 5.32 Å². The van der Waals surface area contributed by atoms with Crippen molar-refractivity contribution < 1.29 is 4.79 Å². The highest BCUT2D eigenvalue weighted by molar-refractivity contribution is 8.00. The first-order chi connectivity index (χ1) is 8.27. The first kappa shape index (κ1) is 12.4. The van der Waals surface area contributed by atoms with Gasteiger partial charge < -0.3 is 10.2 Å². The quantitative estimate of drug-likeness (QED) is 0.814. The largest absolute Gasteiger partial charge is 0.337 e. The molecule has 5 heteroatoms. The van der Waals surface area contributed by atoms with Crippen molar-refractivity contribution in [3.8, 4) is 0 Å². The number of carbonyl (C=O) groups is 1. The normalized spacial score (nSPS) is 20.3. The average Bonchev–Trinajstić information content (AvgIpc) is 2.38. The van der Waals surface area contributed by atoms with Gasteiger partial charge in [-0.1, -0.05) is 0 Å². The molecule has 0 aliphatic carbocycles. The van der Waals surface area contributed by atoms with Gasteiger partial charge in [0.05, 0.1) is 5.75 Å². The third-order valence-corrected chi connectivity index (χ3v) is 3.83. The molecule has 2 rings (SSSR count). The van der Waals surface area contributed by atoms with E-state index in [0.29, 0.717) is 11.8 Å². The zero-order valence-electron chi connectivity index (χ0n) is 9.93. The van der Waals surface area contributed by atoms with Crippen molar-refractivity contribution in [3.63, 3.8) is 0 Å². The lowest BCUT2D eigenvalue weighted by Gasteiger charge is -2.33. The fraction of sp³-hybridized carbons (Fsp3) is 0.500. The molecule has 1 N–H and O–H groups in total. The molecule has 1 aromatic rings. The third kappa shape index (κ3) is 3.44. The van der Waals surface area contributed by atoms with E-state index in [-0.39, 0.29) is 5.91 Å². The Hall–Kier alpha value is -1.07. The molecule has 2 heterocycles. The summed E-state index contributed by atoms with van der Waals surface area (Å²) in [6.45, 7) is 4.69. The Morgan fingerprint density at radius 2 is 2.35 bits per heavy atom. The molecule has 0 radical (unpaired) electrons. The number of nitrogens with one attached hydrogen (secondary N) is 1. The van der Waals surface area contributed by atoms with Crippen molar-refractivity contribution in [1.82, 2.24) is 15.2 Å². The fourth-order valence-electron chi connectivity index (χ4n) is 1.87. The van der Waals surface area contributed by atoms with E-state index in [0.717, 1.165) is 24.5 Å². The topological polar surface area (TPSA) is 45.2 Å². The Bertz CT molecular complexity index is 371. The van der Waals surface area contributed by atoms with E-state index >= 15 is 0 Å². The number of pyridine rings is 1. The first-order valence-electron chi connectivity index (χ1n) is 5.80. The molecule has 1 aliphatic rings. The van der Waals surface area contributed by atoms with Crippen molar-refractivity contribution in [1.29, 1.82) is 0 Å². The van der Waals surface area contributed by atoms with Crippen molar-refractivity contribution in [2.24, 2.45) is 0 Å². The Morgan fingerprint density at radius 3 is 3.06 bits per heavy atom. The number of hydrogen-bond acceptors (Lipinski definition) is 4. The predicted octanol–water partition coefficient (Wildman–Crippen LogP) is 0.994. The van der Waals surface area contributed by atoms with Crippen LogP contribution in [0.4, 0.5) is 0 Å². The molecule has 1 amide bonds. The number of hydrogen-bond donors (Lipinski definition) is 1. The van der Waals surface area contributed by atoms with E-state index < -0.39 is 0 Å². The monoisotopic (exact) mass is 251 g/mol. The van der Waals surface area contributed by atoms with Crippen LogP contribution in [0, 0.1) is 0 Å². The van der Waals surface area contributed by atoms with Gasteiger partial charge in [-0.15, -0.1) is 11.8 Å².